The number of carboxylic acid groups (broad SMARTS) is 2. The number of rotatable bonds is 5. The molecular formula is C35H20N4O7. The molecule has 0 bridgehead atoms. The van der Waals surface area contributed by atoms with E-state index in [1.165, 1.54) is 24.3 Å². The number of nitrogens with zero attached hydrogens (tertiary/aromatic N) is 2. The normalized spacial score (nSPS) is 11.6. The fourth-order valence-corrected chi connectivity index (χ4v) is 5.85. The Morgan fingerprint density at radius 2 is 1.33 bits per heavy atom. The molecule has 1 aliphatic heterocycles. The summed E-state index contributed by atoms with van der Waals surface area (Å²) >= 11 is 0. The number of nitrogens with one attached hydrogen (secondary N) is 2. The SMILES string of the molecule is O=C(O)c1ccc(-c2c3cc(-c4nc5ccccc5[nH]4)c(=O)cc-3oc3cc(O)c(-c4nc5ccccc5[nH]4)cc23)c(C(=O)O)c1. The van der Waals surface area contributed by atoms with Gasteiger partial charge in [-0.25, -0.2) is 19.6 Å². The molecule has 46 heavy (non-hydrogen) atoms. The summed E-state index contributed by atoms with van der Waals surface area (Å²) in [5.74, 6) is -2.00. The van der Waals surface area contributed by atoms with Crippen molar-refractivity contribution in [3.63, 3.8) is 0 Å². The summed E-state index contributed by atoms with van der Waals surface area (Å²) < 4.78 is 6.17. The standard InChI is InChI=1S/C35H20N4O7/c40-27-14-29-21(12-19(27)32-36-23-5-1-2-6-24(23)37-32)31(17-10-9-16(34(42)43)11-18(17)35(44)45)22-13-20(28(41)15-30(22)46-29)33-38-25-7-3-4-8-26(25)39-33/h1-15,40H,(H,36,37)(H,38,39)(H,42,43)(H,44,45). The van der Waals surface area contributed by atoms with Crippen molar-refractivity contribution in [3.8, 4) is 51.0 Å². The molecule has 0 atom stereocenters. The monoisotopic (exact) mass is 608 g/mol. The van der Waals surface area contributed by atoms with Crippen LogP contribution in [0.2, 0.25) is 0 Å². The van der Waals surface area contributed by atoms with Crippen molar-refractivity contribution in [1.29, 1.82) is 0 Å². The molecule has 6 aromatic rings. The summed E-state index contributed by atoms with van der Waals surface area (Å²) in [7, 11) is 0. The van der Waals surface area contributed by atoms with E-state index in [4.69, 9.17) is 4.42 Å². The zero-order valence-electron chi connectivity index (χ0n) is 23.5. The number of hydrogen-bond acceptors (Lipinski definition) is 7. The highest BCUT2D eigenvalue weighted by atomic mass is 16.4. The lowest BCUT2D eigenvalue weighted by molar-refractivity contribution is 0.0696. The molecule has 11 nitrogen and oxygen atoms in total. The third-order valence-corrected chi connectivity index (χ3v) is 7.99. The summed E-state index contributed by atoms with van der Waals surface area (Å²) in [6.45, 7) is 0. The molecular weight excluding hydrogens is 588 g/mol. The van der Waals surface area contributed by atoms with Gasteiger partial charge in [-0.05, 0) is 54.1 Å². The van der Waals surface area contributed by atoms with Gasteiger partial charge in [-0.1, -0.05) is 30.3 Å². The van der Waals surface area contributed by atoms with E-state index in [0.717, 1.165) is 17.1 Å². The number of aromatic nitrogens is 4. The number of aromatic hydroxyl groups is 1. The van der Waals surface area contributed by atoms with Crippen molar-refractivity contribution in [1.82, 2.24) is 19.9 Å². The lowest BCUT2D eigenvalue weighted by Crippen LogP contribution is -2.08. The van der Waals surface area contributed by atoms with Crippen LogP contribution < -0.4 is 5.43 Å². The Balaban J connectivity index is 1.48. The van der Waals surface area contributed by atoms with Gasteiger partial charge in [0.05, 0.1) is 44.3 Å². The van der Waals surface area contributed by atoms with Crippen LogP contribution in [0.15, 0.2) is 100 Å². The third kappa shape index (κ3) is 4.18. The minimum Gasteiger partial charge on any atom is -0.507 e. The Labute approximate surface area is 257 Å². The van der Waals surface area contributed by atoms with E-state index in [1.807, 2.05) is 48.5 Å². The van der Waals surface area contributed by atoms with Gasteiger partial charge < -0.3 is 29.7 Å². The number of hydrogen-bond donors (Lipinski definition) is 5. The van der Waals surface area contributed by atoms with E-state index in [-0.39, 0.29) is 39.3 Å². The zero-order valence-corrected chi connectivity index (χ0v) is 23.5. The summed E-state index contributed by atoms with van der Waals surface area (Å²) in [4.78, 5) is 53.4. The molecule has 0 radical (unpaired) electrons. The van der Waals surface area contributed by atoms with Crippen LogP contribution in [0.25, 0.3) is 78.3 Å². The minimum atomic E-state index is -1.35. The fourth-order valence-electron chi connectivity index (χ4n) is 5.85. The minimum absolute atomic E-state index is 0.127. The molecule has 0 spiro atoms. The van der Waals surface area contributed by atoms with Crippen LogP contribution in [-0.4, -0.2) is 47.2 Å². The van der Waals surface area contributed by atoms with Gasteiger partial charge in [0.1, 0.15) is 28.7 Å². The number of fused-ring (bicyclic) bond motifs is 4. The maximum absolute atomic E-state index is 13.4. The predicted molar refractivity (Wildman–Crippen MR) is 170 cm³/mol. The van der Waals surface area contributed by atoms with Gasteiger partial charge in [-0.2, -0.15) is 0 Å². The second kappa shape index (κ2) is 9.89. The first-order chi connectivity index (χ1) is 22.2. The first-order valence-electron chi connectivity index (χ1n) is 14.0. The number of benzene rings is 5. The molecule has 1 aliphatic carbocycles. The molecule has 3 heterocycles. The topological polar surface area (TPSA) is 182 Å². The van der Waals surface area contributed by atoms with Gasteiger partial charge in [0, 0.05) is 28.6 Å². The zero-order chi connectivity index (χ0) is 31.7. The Morgan fingerprint density at radius 3 is 1.96 bits per heavy atom. The largest absolute Gasteiger partial charge is 0.507 e. The highest BCUT2D eigenvalue weighted by molar-refractivity contribution is 6.10. The van der Waals surface area contributed by atoms with Crippen molar-refractivity contribution in [2.45, 2.75) is 0 Å². The second-order valence-corrected chi connectivity index (χ2v) is 10.8. The van der Waals surface area contributed by atoms with E-state index in [2.05, 4.69) is 19.9 Å². The number of para-hydroxylation sites is 4. The van der Waals surface area contributed by atoms with Crippen LogP contribution in [0.3, 0.4) is 0 Å². The van der Waals surface area contributed by atoms with Crippen molar-refractivity contribution in [2.75, 3.05) is 0 Å². The van der Waals surface area contributed by atoms with Gasteiger partial charge in [0.15, 0.2) is 5.43 Å². The Bertz CT molecular complexity index is 2530. The molecule has 0 amide bonds. The number of phenols is 1. The Kier molecular flexibility index (Phi) is 5.77. The Morgan fingerprint density at radius 1 is 0.674 bits per heavy atom. The van der Waals surface area contributed by atoms with Gasteiger partial charge in [-0.3, -0.25) is 4.79 Å². The molecule has 5 N–H and O–H groups in total. The summed E-state index contributed by atoms with van der Waals surface area (Å²) in [6.07, 6.45) is 0. The maximum atomic E-state index is 13.4. The number of imidazole rings is 2. The lowest BCUT2D eigenvalue weighted by Gasteiger charge is -2.18. The van der Waals surface area contributed by atoms with Crippen LogP contribution >= 0.6 is 0 Å². The van der Waals surface area contributed by atoms with E-state index in [1.54, 1.807) is 12.1 Å². The van der Waals surface area contributed by atoms with E-state index < -0.39 is 17.4 Å². The quantitative estimate of drug-likeness (QED) is 0.132. The van der Waals surface area contributed by atoms with Gasteiger partial charge in [0.2, 0.25) is 0 Å². The van der Waals surface area contributed by atoms with Gasteiger partial charge in [-0.15, -0.1) is 0 Å². The maximum Gasteiger partial charge on any atom is 0.336 e. The number of carbonyl (C=O) groups is 2. The number of aromatic carboxylic acids is 2. The number of H-pyrrole nitrogens is 2. The number of aromatic amines is 2. The molecule has 11 heteroatoms. The summed E-state index contributed by atoms with van der Waals surface area (Å²) in [5.41, 5.74) is 3.52. The van der Waals surface area contributed by atoms with Gasteiger partial charge >= 0.3 is 11.9 Å². The van der Waals surface area contributed by atoms with Crippen LogP contribution in [0.5, 0.6) is 5.75 Å². The molecule has 0 saturated carbocycles. The molecule has 8 rings (SSSR count). The molecule has 0 fully saturated rings. The summed E-state index contributed by atoms with van der Waals surface area (Å²) in [6, 6.07) is 24.4. The summed E-state index contributed by atoms with van der Waals surface area (Å²) in [5, 5.41) is 31.4. The van der Waals surface area contributed by atoms with Crippen LogP contribution in [0, 0.1) is 0 Å². The average molecular weight is 609 g/mol. The molecule has 2 aliphatic rings. The van der Waals surface area contributed by atoms with E-state index in [9.17, 15) is 29.7 Å². The van der Waals surface area contributed by atoms with Gasteiger partial charge in [0.25, 0.3) is 0 Å². The van der Waals surface area contributed by atoms with Crippen LogP contribution in [0.1, 0.15) is 20.7 Å². The van der Waals surface area contributed by atoms with Crippen molar-refractivity contribution in [3.05, 3.63) is 112 Å². The number of phenolic OH excluding ortho intramolecular Hbond substituents is 1. The number of carboxylic acids is 2. The first kappa shape index (κ1) is 26.8. The molecule has 0 unspecified atom stereocenters. The third-order valence-electron chi connectivity index (χ3n) is 7.99. The second-order valence-electron chi connectivity index (χ2n) is 10.8. The van der Waals surface area contributed by atoms with Crippen molar-refractivity contribution < 1.29 is 29.3 Å². The molecule has 4 aromatic carbocycles. The highest BCUT2D eigenvalue weighted by Crippen LogP contribution is 2.45. The van der Waals surface area contributed by atoms with E-state index in [0.29, 0.717) is 44.8 Å². The predicted octanol–water partition coefficient (Wildman–Crippen LogP) is 6.75. The highest BCUT2D eigenvalue weighted by Gasteiger charge is 2.26. The smallest absolute Gasteiger partial charge is 0.336 e. The van der Waals surface area contributed by atoms with Crippen molar-refractivity contribution in [2.24, 2.45) is 0 Å². The Hall–Kier alpha value is -6.75. The van der Waals surface area contributed by atoms with E-state index >= 15 is 0 Å². The van der Waals surface area contributed by atoms with Crippen LogP contribution in [0.4, 0.5) is 0 Å². The fraction of sp³-hybridized carbons (Fsp3) is 0. The first-order valence-corrected chi connectivity index (χ1v) is 14.0. The lowest BCUT2D eigenvalue weighted by atomic mass is 9.88. The average Bonchev–Trinajstić information content (AvgIpc) is 3.67. The van der Waals surface area contributed by atoms with Crippen LogP contribution in [-0.2, 0) is 0 Å². The molecule has 2 aromatic heterocycles. The van der Waals surface area contributed by atoms with Crippen molar-refractivity contribution >= 4 is 45.0 Å². The molecule has 222 valence electrons. The molecule has 0 saturated heterocycles.